The molecule has 1 nitrogen and oxygen atoms in total. The van der Waals surface area contributed by atoms with Crippen LogP contribution in [-0.2, 0) is 6.42 Å². The summed E-state index contributed by atoms with van der Waals surface area (Å²) in [5.41, 5.74) is 0.833. The Labute approximate surface area is 92.3 Å². The molecule has 0 atom stereocenters. The Bertz CT molecular complexity index is 294. The predicted molar refractivity (Wildman–Crippen MR) is 58.6 cm³/mol. The highest BCUT2D eigenvalue weighted by molar-refractivity contribution is 7.98. The Morgan fingerprint density at radius 1 is 1.50 bits per heavy atom. The van der Waals surface area contributed by atoms with Crippen LogP contribution in [0.25, 0.3) is 0 Å². The third-order valence-electron chi connectivity index (χ3n) is 1.89. The molecule has 0 aromatic heterocycles. The van der Waals surface area contributed by atoms with Crippen molar-refractivity contribution in [2.75, 3.05) is 12.9 Å². The van der Waals surface area contributed by atoms with Gasteiger partial charge >= 0.3 is 0 Å². The van der Waals surface area contributed by atoms with Gasteiger partial charge in [-0.2, -0.15) is 0 Å². The molecule has 0 radical (unpaired) electrons. The Balaban J connectivity index is 2.90. The molecular weight excluding hydrogens is 223 g/mol. The maximum absolute atomic E-state index is 13.4. The van der Waals surface area contributed by atoms with E-state index in [0.717, 1.165) is 5.56 Å². The molecule has 0 aliphatic heterocycles. The summed E-state index contributed by atoms with van der Waals surface area (Å²) in [5, 5.41) is 9.09. The predicted octanol–water partition coefficient (Wildman–Crippen LogP) is 3.13. The summed E-state index contributed by atoms with van der Waals surface area (Å²) in [6.07, 6.45) is 3.08. The topological polar surface area (TPSA) is 20.2 Å². The van der Waals surface area contributed by atoms with E-state index in [0.29, 0.717) is 22.8 Å². The van der Waals surface area contributed by atoms with Gasteiger partial charge in [0.05, 0.1) is 9.92 Å². The molecule has 0 saturated carbocycles. The maximum Gasteiger partial charge on any atom is 0.138 e. The minimum atomic E-state index is -0.280. The molecule has 0 bridgehead atoms. The van der Waals surface area contributed by atoms with E-state index in [1.54, 1.807) is 12.3 Å². The van der Waals surface area contributed by atoms with Gasteiger partial charge in [-0.15, -0.1) is 11.8 Å². The van der Waals surface area contributed by atoms with Crippen LogP contribution in [0.3, 0.4) is 0 Å². The lowest BCUT2D eigenvalue weighted by atomic mass is 10.1. The quantitative estimate of drug-likeness (QED) is 0.808. The van der Waals surface area contributed by atoms with E-state index in [2.05, 4.69) is 0 Å². The first-order valence-electron chi connectivity index (χ1n) is 4.31. The number of hydrogen-bond acceptors (Lipinski definition) is 2. The first-order chi connectivity index (χ1) is 6.69. The first-order valence-corrected chi connectivity index (χ1v) is 5.92. The SMILES string of the molecule is CSc1c(F)cc(CCCO)cc1Cl. The first kappa shape index (κ1) is 11.8. The number of halogens is 2. The average Bonchev–Trinajstić information content (AvgIpc) is 2.14. The van der Waals surface area contributed by atoms with Gasteiger partial charge in [0.25, 0.3) is 0 Å². The van der Waals surface area contributed by atoms with E-state index >= 15 is 0 Å². The number of benzene rings is 1. The van der Waals surface area contributed by atoms with Crippen LogP contribution in [0.15, 0.2) is 17.0 Å². The minimum absolute atomic E-state index is 0.115. The van der Waals surface area contributed by atoms with Crippen LogP contribution in [0, 0.1) is 5.82 Å². The Hall–Kier alpha value is -0.250. The van der Waals surface area contributed by atoms with Crippen molar-refractivity contribution in [3.8, 4) is 0 Å². The molecule has 0 spiro atoms. The fraction of sp³-hybridized carbons (Fsp3) is 0.400. The van der Waals surface area contributed by atoms with Crippen molar-refractivity contribution in [3.63, 3.8) is 0 Å². The van der Waals surface area contributed by atoms with Gasteiger partial charge in [-0.05, 0) is 36.8 Å². The van der Waals surface area contributed by atoms with Crippen molar-refractivity contribution in [2.24, 2.45) is 0 Å². The fourth-order valence-electron chi connectivity index (χ4n) is 1.23. The van der Waals surface area contributed by atoms with Crippen molar-refractivity contribution in [1.82, 2.24) is 0 Å². The molecule has 0 heterocycles. The van der Waals surface area contributed by atoms with Gasteiger partial charge in [-0.1, -0.05) is 11.6 Å². The van der Waals surface area contributed by atoms with Gasteiger partial charge in [0.15, 0.2) is 0 Å². The van der Waals surface area contributed by atoms with Gasteiger partial charge in [0, 0.05) is 6.61 Å². The molecule has 1 aromatic rings. The number of aryl methyl sites for hydroxylation is 1. The van der Waals surface area contributed by atoms with Crippen molar-refractivity contribution < 1.29 is 9.50 Å². The lowest BCUT2D eigenvalue weighted by Gasteiger charge is -2.06. The largest absolute Gasteiger partial charge is 0.396 e. The average molecular weight is 235 g/mol. The summed E-state index contributed by atoms with van der Waals surface area (Å²) in [6.45, 7) is 0.115. The van der Waals surface area contributed by atoms with Crippen LogP contribution in [0.5, 0.6) is 0 Å². The number of hydrogen-bond donors (Lipinski definition) is 1. The minimum Gasteiger partial charge on any atom is -0.396 e. The Kier molecular flexibility index (Phi) is 4.72. The summed E-state index contributed by atoms with van der Waals surface area (Å²) < 4.78 is 13.4. The van der Waals surface area contributed by atoms with E-state index in [9.17, 15) is 4.39 Å². The summed E-state index contributed by atoms with van der Waals surface area (Å²) in [4.78, 5) is 0.486. The molecule has 0 unspecified atom stereocenters. The Morgan fingerprint density at radius 3 is 2.71 bits per heavy atom. The zero-order valence-corrected chi connectivity index (χ0v) is 9.46. The third kappa shape index (κ3) is 2.87. The second-order valence-electron chi connectivity index (χ2n) is 2.92. The van der Waals surface area contributed by atoms with Crippen LogP contribution in [-0.4, -0.2) is 18.0 Å². The summed E-state index contributed by atoms with van der Waals surface area (Å²) in [6, 6.07) is 3.24. The van der Waals surface area contributed by atoms with Gasteiger partial charge in [0.2, 0.25) is 0 Å². The number of aliphatic hydroxyl groups is 1. The normalized spacial score (nSPS) is 10.6. The van der Waals surface area contributed by atoms with Crippen molar-refractivity contribution in [1.29, 1.82) is 0 Å². The van der Waals surface area contributed by atoms with E-state index < -0.39 is 0 Å². The molecular formula is C10H12ClFOS. The van der Waals surface area contributed by atoms with Crippen molar-refractivity contribution in [3.05, 3.63) is 28.5 Å². The molecule has 0 amide bonds. The lowest BCUT2D eigenvalue weighted by molar-refractivity contribution is 0.288. The second kappa shape index (κ2) is 5.59. The summed E-state index contributed by atoms with van der Waals surface area (Å²) in [7, 11) is 0. The summed E-state index contributed by atoms with van der Waals surface area (Å²) >= 11 is 7.19. The van der Waals surface area contributed by atoms with Crippen LogP contribution < -0.4 is 0 Å². The highest BCUT2D eigenvalue weighted by Crippen LogP contribution is 2.29. The maximum atomic E-state index is 13.4. The van der Waals surface area contributed by atoms with E-state index in [1.165, 1.54) is 17.8 Å². The number of rotatable bonds is 4. The molecule has 78 valence electrons. The fourth-order valence-corrected chi connectivity index (χ4v) is 2.20. The molecule has 0 aliphatic carbocycles. The smallest absolute Gasteiger partial charge is 0.138 e. The monoisotopic (exact) mass is 234 g/mol. The number of thioether (sulfide) groups is 1. The van der Waals surface area contributed by atoms with Crippen LogP contribution in [0.2, 0.25) is 5.02 Å². The molecule has 14 heavy (non-hydrogen) atoms. The molecule has 0 aliphatic rings. The molecule has 1 rings (SSSR count). The van der Waals surface area contributed by atoms with E-state index in [1.807, 2.05) is 0 Å². The van der Waals surface area contributed by atoms with Crippen molar-refractivity contribution in [2.45, 2.75) is 17.7 Å². The zero-order chi connectivity index (χ0) is 10.6. The number of aliphatic hydroxyl groups excluding tert-OH is 1. The third-order valence-corrected chi connectivity index (χ3v) is 3.12. The molecule has 0 saturated heterocycles. The van der Waals surface area contributed by atoms with Gasteiger partial charge in [0.1, 0.15) is 5.82 Å². The van der Waals surface area contributed by atoms with Crippen molar-refractivity contribution >= 4 is 23.4 Å². The van der Waals surface area contributed by atoms with Gasteiger partial charge in [-0.3, -0.25) is 0 Å². The van der Waals surface area contributed by atoms with Crippen LogP contribution >= 0.6 is 23.4 Å². The highest BCUT2D eigenvalue weighted by Gasteiger charge is 2.08. The van der Waals surface area contributed by atoms with Crippen LogP contribution in [0.4, 0.5) is 4.39 Å². The Morgan fingerprint density at radius 2 is 2.21 bits per heavy atom. The molecule has 0 fully saturated rings. The summed E-state index contributed by atoms with van der Waals surface area (Å²) in [5.74, 6) is -0.280. The molecule has 4 heteroatoms. The van der Waals surface area contributed by atoms with E-state index in [4.69, 9.17) is 16.7 Å². The van der Waals surface area contributed by atoms with Gasteiger partial charge in [-0.25, -0.2) is 4.39 Å². The van der Waals surface area contributed by atoms with E-state index in [-0.39, 0.29) is 12.4 Å². The van der Waals surface area contributed by atoms with Gasteiger partial charge < -0.3 is 5.11 Å². The standard InChI is InChI=1S/C10H12ClFOS/c1-14-10-8(11)5-7(3-2-4-13)6-9(10)12/h5-6,13H,2-4H2,1H3. The zero-order valence-electron chi connectivity index (χ0n) is 7.89. The molecule has 1 N–H and O–H groups in total. The lowest BCUT2D eigenvalue weighted by Crippen LogP contribution is -1.92. The van der Waals surface area contributed by atoms with Crippen LogP contribution in [0.1, 0.15) is 12.0 Å². The molecule has 1 aromatic carbocycles. The second-order valence-corrected chi connectivity index (χ2v) is 4.14. The highest BCUT2D eigenvalue weighted by atomic mass is 35.5.